The van der Waals surface area contributed by atoms with E-state index in [1.165, 1.54) is 24.3 Å². The van der Waals surface area contributed by atoms with Gasteiger partial charge in [0, 0.05) is 10.0 Å². The molecule has 0 amide bonds. The Morgan fingerprint density at radius 2 is 0.875 bits per heavy atom. The Hall–Kier alpha value is -1.38. The molecule has 1 aliphatic carbocycles. The number of halogens is 2. The number of ketones is 2. The van der Waals surface area contributed by atoms with Crippen molar-refractivity contribution in [3.05, 3.63) is 58.6 Å². The zero-order chi connectivity index (χ0) is 12.0. The highest BCUT2D eigenvalue weighted by Crippen LogP contribution is 2.12. The fourth-order valence-corrected chi connectivity index (χ4v) is 1.12. The largest absolute Gasteiger partial charge is 0.290 e. The third kappa shape index (κ3) is 4.91. The highest BCUT2D eigenvalue weighted by atomic mass is 35.5. The number of rotatable bonds is 0. The summed E-state index contributed by atoms with van der Waals surface area (Å²) in [5.74, 6) is -0.241. The zero-order valence-corrected chi connectivity index (χ0v) is 9.70. The van der Waals surface area contributed by atoms with Crippen LogP contribution in [0.15, 0.2) is 48.6 Å². The summed E-state index contributed by atoms with van der Waals surface area (Å²) in [7, 11) is 0. The molecule has 0 fully saturated rings. The smallest absolute Gasteiger partial charge is 0.178 e. The lowest BCUT2D eigenvalue weighted by Crippen LogP contribution is -1.97. The van der Waals surface area contributed by atoms with E-state index >= 15 is 0 Å². The van der Waals surface area contributed by atoms with E-state index in [4.69, 9.17) is 23.2 Å². The van der Waals surface area contributed by atoms with Gasteiger partial charge in [-0.25, -0.2) is 0 Å². The highest BCUT2D eigenvalue weighted by Gasteiger charge is 1.97. The molecule has 0 spiro atoms. The summed E-state index contributed by atoms with van der Waals surface area (Å²) in [6, 6.07) is 7.02. The first-order valence-corrected chi connectivity index (χ1v) is 5.18. The van der Waals surface area contributed by atoms with Crippen molar-refractivity contribution >= 4 is 34.8 Å². The van der Waals surface area contributed by atoms with Gasteiger partial charge in [-0.2, -0.15) is 0 Å². The van der Waals surface area contributed by atoms with E-state index in [1.54, 1.807) is 24.3 Å². The molecule has 1 aromatic carbocycles. The van der Waals surface area contributed by atoms with Crippen molar-refractivity contribution in [1.29, 1.82) is 0 Å². The van der Waals surface area contributed by atoms with E-state index in [0.717, 1.165) is 10.0 Å². The van der Waals surface area contributed by atoms with Gasteiger partial charge in [-0.3, -0.25) is 9.59 Å². The Kier molecular flexibility index (Phi) is 4.96. The molecule has 4 heteroatoms. The normalized spacial score (nSPS) is 13.4. The first-order valence-electron chi connectivity index (χ1n) is 4.43. The SMILES string of the molecule is Clc1ccc(Cl)cc1.O=C1C=CC(=O)C=C1. The van der Waals surface area contributed by atoms with Crippen LogP contribution in [0.4, 0.5) is 0 Å². The predicted molar refractivity (Wildman–Crippen MR) is 64.8 cm³/mol. The van der Waals surface area contributed by atoms with Gasteiger partial charge in [-0.1, -0.05) is 23.2 Å². The topological polar surface area (TPSA) is 34.1 Å². The summed E-state index contributed by atoms with van der Waals surface area (Å²) in [6.07, 6.45) is 5.01. The summed E-state index contributed by atoms with van der Waals surface area (Å²) in [4.78, 5) is 20.6. The Balaban J connectivity index is 0.000000160. The van der Waals surface area contributed by atoms with Crippen LogP contribution in [0.5, 0.6) is 0 Å². The summed E-state index contributed by atoms with van der Waals surface area (Å²) in [5, 5.41) is 1.43. The fourth-order valence-electron chi connectivity index (χ4n) is 0.869. The lowest BCUT2D eigenvalue weighted by atomic mass is 10.2. The van der Waals surface area contributed by atoms with Gasteiger partial charge in [-0.15, -0.1) is 0 Å². The first kappa shape index (κ1) is 12.7. The number of hydrogen-bond donors (Lipinski definition) is 0. The van der Waals surface area contributed by atoms with Gasteiger partial charge in [0.1, 0.15) is 0 Å². The van der Waals surface area contributed by atoms with Crippen LogP contribution in [0.2, 0.25) is 10.0 Å². The van der Waals surface area contributed by atoms with E-state index < -0.39 is 0 Å². The minimum absolute atomic E-state index is 0.121. The maximum Gasteiger partial charge on any atom is 0.178 e. The maximum absolute atomic E-state index is 10.3. The van der Waals surface area contributed by atoms with Crippen molar-refractivity contribution < 1.29 is 9.59 Å². The van der Waals surface area contributed by atoms with Gasteiger partial charge in [0.15, 0.2) is 11.6 Å². The molecule has 0 atom stereocenters. The number of benzene rings is 1. The molecule has 0 unspecified atom stereocenters. The Labute approximate surface area is 103 Å². The van der Waals surface area contributed by atoms with Gasteiger partial charge in [0.2, 0.25) is 0 Å². The maximum atomic E-state index is 10.3. The average molecular weight is 255 g/mol. The monoisotopic (exact) mass is 254 g/mol. The van der Waals surface area contributed by atoms with Gasteiger partial charge in [0.05, 0.1) is 0 Å². The standard InChI is InChI=1S/C6H4Cl2.C6H4O2/c2*7-5-1-2-6(8)4-3-5/h2*1-4H. The molecular formula is C12H8Cl2O2. The molecule has 1 aromatic rings. The summed E-state index contributed by atoms with van der Waals surface area (Å²) in [6.45, 7) is 0. The molecule has 82 valence electrons. The molecule has 0 bridgehead atoms. The van der Waals surface area contributed by atoms with Crippen LogP contribution in [0, 0.1) is 0 Å². The molecule has 0 radical (unpaired) electrons. The molecule has 0 aromatic heterocycles. The second-order valence-corrected chi connectivity index (χ2v) is 3.78. The van der Waals surface area contributed by atoms with Gasteiger partial charge in [-0.05, 0) is 48.6 Å². The lowest BCUT2D eigenvalue weighted by Gasteiger charge is -1.87. The van der Waals surface area contributed by atoms with Gasteiger partial charge >= 0.3 is 0 Å². The van der Waals surface area contributed by atoms with Crippen molar-refractivity contribution in [2.75, 3.05) is 0 Å². The Morgan fingerprint density at radius 1 is 0.625 bits per heavy atom. The lowest BCUT2D eigenvalue weighted by molar-refractivity contribution is -0.113. The van der Waals surface area contributed by atoms with Gasteiger partial charge < -0.3 is 0 Å². The molecule has 0 saturated heterocycles. The van der Waals surface area contributed by atoms with E-state index in [0.29, 0.717) is 0 Å². The molecule has 2 nitrogen and oxygen atoms in total. The third-order valence-electron chi connectivity index (χ3n) is 1.63. The molecule has 0 saturated carbocycles. The zero-order valence-electron chi connectivity index (χ0n) is 8.19. The molecule has 1 aliphatic rings. The summed E-state index contributed by atoms with van der Waals surface area (Å²) in [5.41, 5.74) is 0. The second kappa shape index (κ2) is 6.26. The molecule has 0 aliphatic heterocycles. The predicted octanol–water partition coefficient (Wildman–Crippen LogP) is 3.24. The van der Waals surface area contributed by atoms with Crippen LogP contribution in [0.3, 0.4) is 0 Å². The number of allylic oxidation sites excluding steroid dienone is 4. The Morgan fingerprint density at radius 3 is 1.12 bits per heavy atom. The van der Waals surface area contributed by atoms with Crippen molar-refractivity contribution in [2.45, 2.75) is 0 Å². The minimum Gasteiger partial charge on any atom is -0.290 e. The first-order chi connectivity index (χ1) is 7.58. The summed E-state index contributed by atoms with van der Waals surface area (Å²) < 4.78 is 0. The van der Waals surface area contributed by atoms with Crippen LogP contribution < -0.4 is 0 Å². The van der Waals surface area contributed by atoms with Crippen LogP contribution >= 0.6 is 23.2 Å². The molecular weight excluding hydrogens is 247 g/mol. The summed E-state index contributed by atoms with van der Waals surface area (Å²) >= 11 is 11.1. The van der Waals surface area contributed by atoms with E-state index in [9.17, 15) is 9.59 Å². The van der Waals surface area contributed by atoms with Crippen molar-refractivity contribution in [3.8, 4) is 0 Å². The van der Waals surface area contributed by atoms with Crippen molar-refractivity contribution in [3.63, 3.8) is 0 Å². The van der Waals surface area contributed by atoms with Crippen LogP contribution in [-0.2, 0) is 9.59 Å². The molecule has 2 rings (SSSR count). The van der Waals surface area contributed by atoms with E-state index in [2.05, 4.69) is 0 Å². The third-order valence-corrected chi connectivity index (χ3v) is 2.13. The van der Waals surface area contributed by atoms with Crippen molar-refractivity contribution in [2.24, 2.45) is 0 Å². The average Bonchev–Trinajstić information content (AvgIpc) is 2.28. The molecule has 16 heavy (non-hydrogen) atoms. The van der Waals surface area contributed by atoms with Crippen molar-refractivity contribution in [1.82, 2.24) is 0 Å². The fraction of sp³-hybridized carbons (Fsp3) is 0. The second-order valence-electron chi connectivity index (χ2n) is 2.91. The van der Waals surface area contributed by atoms with Crippen LogP contribution in [-0.4, -0.2) is 11.6 Å². The quantitative estimate of drug-likeness (QED) is 0.667. The molecule has 0 N–H and O–H groups in total. The van der Waals surface area contributed by atoms with E-state index in [1.807, 2.05) is 0 Å². The van der Waals surface area contributed by atoms with Gasteiger partial charge in [0.25, 0.3) is 0 Å². The minimum atomic E-state index is -0.121. The highest BCUT2D eigenvalue weighted by molar-refractivity contribution is 6.32. The number of hydrogen-bond acceptors (Lipinski definition) is 2. The van der Waals surface area contributed by atoms with E-state index in [-0.39, 0.29) is 11.6 Å². The Bertz CT molecular complexity index is 386. The van der Waals surface area contributed by atoms with Crippen LogP contribution in [0.25, 0.3) is 0 Å². The number of carbonyl (C=O) groups excluding carboxylic acids is 2. The number of carbonyl (C=O) groups is 2. The molecule has 0 heterocycles. The van der Waals surface area contributed by atoms with Crippen LogP contribution in [0.1, 0.15) is 0 Å².